The van der Waals surface area contributed by atoms with Gasteiger partial charge in [-0.1, -0.05) is 19.1 Å². The molecule has 0 bridgehead atoms. The summed E-state index contributed by atoms with van der Waals surface area (Å²) in [5.74, 6) is 1.55. The van der Waals surface area contributed by atoms with Gasteiger partial charge >= 0.3 is 0 Å². The zero-order valence-corrected chi connectivity index (χ0v) is 11.6. The average molecular weight is 256 g/mol. The Kier molecular flexibility index (Phi) is 3.28. The molecule has 1 saturated carbocycles. The third-order valence-corrected chi connectivity index (χ3v) is 3.55. The van der Waals surface area contributed by atoms with Gasteiger partial charge in [-0.3, -0.25) is 0 Å². The number of ether oxygens (including phenoxy) is 1. The number of para-hydroxylation sites is 1. The largest absolute Gasteiger partial charge is 0.491 e. The second-order valence-electron chi connectivity index (χ2n) is 5.12. The Morgan fingerprint density at radius 1 is 1.37 bits per heavy atom. The zero-order valence-electron chi connectivity index (χ0n) is 11.6. The Balaban J connectivity index is 2.13. The third kappa shape index (κ3) is 2.37. The number of anilines is 1. The number of hydrogen-bond donors (Lipinski definition) is 1. The smallest absolute Gasteiger partial charge is 0.145 e. The van der Waals surface area contributed by atoms with E-state index in [0.717, 1.165) is 35.4 Å². The van der Waals surface area contributed by atoms with Gasteiger partial charge < -0.3 is 10.1 Å². The number of aromatic nitrogens is 1. The predicted molar refractivity (Wildman–Crippen MR) is 79.1 cm³/mol. The van der Waals surface area contributed by atoms with Crippen molar-refractivity contribution in [2.75, 3.05) is 19.0 Å². The highest BCUT2D eigenvalue weighted by Gasteiger charge is 2.26. The van der Waals surface area contributed by atoms with E-state index in [-0.39, 0.29) is 0 Å². The van der Waals surface area contributed by atoms with E-state index in [1.807, 2.05) is 19.2 Å². The van der Waals surface area contributed by atoms with Crippen LogP contribution in [-0.4, -0.2) is 18.6 Å². The molecule has 1 heterocycles. The van der Waals surface area contributed by atoms with Crippen LogP contribution >= 0.6 is 0 Å². The van der Waals surface area contributed by atoms with Crippen LogP contribution < -0.4 is 10.1 Å². The van der Waals surface area contributed by atoms with Crippen LogP contribution in [0.3, 0.4) is 0 Å². The highest BCUT2D eigenvalue weighted by atomic mass is 16.5. The molecule has 19 heavy (non-hydrogen) atoms. The minimum absolute atomic E-state index is 0.649. The molecule has 0 radical (unpaired) electrons. The fourth-order valence-corrected chi connectivity index (χ4v) is 2.37. The molecular formula is C16H20N2O. The van der Waals surface area contributed by atoms with Gasteiger partial charge in [-0.05, 0) is 31.4 Å². The summed E-state index contributed by atoms with van der Waals surface area (Å²) in [6.07, 6.45) is 3.54. The number of rotatable bonds is 5. The molecule has 1 aliphatic rings. The maximum absolute atomic E-state index is 5.83. The molecule has 3 nitrogen and oxygen atoms in total. The van der Waals surface area contributed by atoms with E-state index in [1.165, 1.54) is 18.5 Å². The standard InChI is InChI=1S/C16H20N2O/c1-3-9-19-15-6-4-5-12-14(17-2)10-13(11-7-8-11)18-16(12)15/h4-6,10-11H,3,7-9H2,1-2H3,(H,17,18). The summed E-state index contributed by atoms with van der Waals surface area (Å²) < 4.78 is 5.83. The summed E-state index contributed by atoms with van der Waals surface area (Å²) in [4.78, 5) is 4.83. The van der Waals surface area contributed by atoms with Crippen molar-refractivity contribution >= 4 is 16.6 Å². The van der Waals surface area contributed by atoms with Crippen molar-refractivity contribution in [2.24, 2.45) is 0 Å². The van der Waals surface area contributed by atoms with Gasteiger partial charge in [0.25, 0.3) is 0 Å². The molecule has 0 spiro atoms. The van der Waals surface area contributed by atoms with Crippen LogP contribution in [0.25, 0.3) is 10.9 Å². The van der Waals surface area contributed by atoms with E-state index in [2.05, 4.69) is 24.4 Å². The summed E-state index contributed by atoms with van der Waals surface area (Å²) in [6, 6.07) is 8.33. The van der Waals surface area contributed by atoms with Crippen molar-refractivity contribution in [2.45, 2.75) is 32.1 Å². The first-order valence-electron chi connectivity index (χ1n) is 7.07. The van der Waals surface area contributed by atoms with Crippen LogP contribution in [0.5, 0.6) is 5.75 Å². The van der Waals surface area contributed by atoms with E-state index in [9.17, 15) is 0 Å². The Morgan fingerprint density at radius 2 is 2.21 bits per heavy atom. The molecule has 0 saturated heterocycles. The number of nitrogens with zero attached hydrogens (tertiary/aromatic N) is 1. The average Bonchev–Trinajstić information content (AvgIpc) is 3.28. The van der Waals surface area contributed by atoms with Crippen LogP contribution in [0, 0.1) is 0 Å². The zero-order chi connectivity index (χ0) is 13.2. The molecule has 0 aliphatic heterocycles. The van der Waals surface area contributed by atoms with Crippen LogP contribution in [0.4, 0.5) is 5.69 Å². The first-order chi connectivity index (χ1) is 9.33. The van der Waals surface area contributed by atoms with Crippen LogP contribution in [0.1, 0.15) is 37.8 Å². The van der Waals surface area contributed by atoms with Gasteiger partial charge in [0, 0.05) is 29.7 Å². The van der Waals surface area contributed by atoms with Gasteiger partial charge in [0.2, 0.25) is 0 Å². The lowest BCUT2D eigenvalue weighted by Crippen LogP contribution is -2.00. The van der Waals surface area contributed by atoms with Crippen molar-refractivity contribution in [3.63, 3.8) is 0 Å². The number of nitrogens with one attached hydrogen (secondary N) is 1. The van der Waals surface area contributed by atoms with Gasteiger partial charge in [-0.15, -0.1) is 0 Å². The maximum atomic E-state index is 5.83. The number of benzene rings is 1. The molecule has 1 aliphatic carbocycles. The van der Waals surface area contributed by atoms with Gasteiger partial charge in [-0.25, -0.2) is 4.98 Å². The molecule has 1 N–H and O–H groups in total. The Labute approximate surface area is 114 Å². The van der Waals surface area contributed by atoms with Gasteiger partial charge in [0.15, 0.2) is 0 Å². The van der Waals surface area contributed by atoms with Gasteiger partial charge in [0.1, 0.15) is 11.3 Å². The fourth-order valence-electron chi connectivity index (χ4n) is 2.37. The first-order valence-corrected chi connectivity index (χ1v) is 7.07. The second kappa shape index (κ2) is 5.08. The molecule has 1 aromatic carbocycles. The van der Waals surface area contributed by atoms with Crippen LogP contribution in [0.2, 0.25) is 0 Å². The lowest BCUT2D eigenvalue weighted by Gasteiger charge is -2.12. The summed E-state index contributed by atoms with van der Waals surface area (Å²) in [5, 5.41) is 4.42. The van der Waals surface area contributed by atoms with Crippen molar-refractivity contribution in [1.82, 2.24) is 4.98 Å². The third-order valence-electron chi connectivity index (χ3n) is 3.55. The molecule has 100 valence electrons. The molecule has 1 fully saturated rings. The van der Waals surface area contributed by atoms with Crippen molar-refractivity contribution < 1.29 is 4.74 Å². The van der Waals surface area contributed by atoms with E-state index in [4.69, 9.17) is 9.72 Å². The summed E-state index contributed by atoms with van der Waals surface area (Å²) in [5.41, 5.74) is 3.34. The molecule has 0 unspecified atom stereocenters. The molecule has 2 aromatic rings. The lowest BCUT2D eigenvalue weighted by molar-refractivity contribution is 0.320. The highest BCUT2D eigenvalue weighted by molar-refractivity contribution is 5.95. The van der Waals surface area contributed by atoms with E-state index < -0.39 is 0 Å². The highest BCUT2D eigenvalue weighted by Crippen LogP contribution is 2.42. The van der Waals surface area contributed by atoms with E-state index in [0.29, 0.717) is 5.92 Å². The minimum atomic E-state index is 0.649. The summed E-state index contributed by atoms with van der Waals surface area (Å²) >= 11 is 0. The first kappa shape index (κ1) is 12.3. The van der Waals surface area contributed by atoms with Gasteiger partial charge in [0.05, 0.1) is 6.61 Å². The number of fused-ring (bicyclic) bond motifs is 1. The second-order valence-corrected chi connectivity index (χ2v) is 5.12. The minimum Gasteiger partial charge on any atom is -0.491 e. The Bertz CT molecular complexity index is 591. The summed E-state index contributed by atoms with van der Waals surface area (Å²) in [7, 11) is 1.96. The topological polar surface area (TPSA) is 34.1 Å². The normalized spacial score (nSPS) is 14.6. The van der Waals surface area contributed by atoms with Crippen LogP contribution in [0.15, 0.2) is 24.3 Å². The molecular weight excluding hydrogens is 236 g/mol. The molecule has 0 atom stereocenters. The van der Waals surface area contributed by atoms with Crippen molar-refractivity contribution in [3.8, 4) is 5.75 Å². The van der Waals surface area contributed by atoms with Crippen molar-refractivity contribution in [1.29, 1.82) is 0 Å². The SMILES string of the molecule is CCCOc1cccc2c(NC)cc(C3CC3)nc12. The Hall–Kier alpha value is -1.77. The molecule has 0 amide bonds. The van der Waals surface area contributed by atoms with Crippen molar-refractivity contribution in [3.05, 3.63) is 30.0 Å². The number of hydrogen-bond acceptors (Lipinski definition) is 3. The van der Waals surface area contributed by atoms with Crippen LogP contribution in [-0.2, 0) is 0 Å². The monoisotopic (exact) mass is 256 g/mol. The fraction of sp³-hybridized carbons (Fsp3) is 0.438. The van der Waals surface area contributed by atoms with Gasteiger partial charge in [-0.2, -0.15) is 0 Å². The maximum Gasteiger partial charge on any atom is 0.145 e. The predicted octanol–water partition coefficient (Wildman–Crippen LogP) is 3.94. The Morgan fingerprint density at radius 3 is 2.89 bits per heavy atom. The summed E-state index contributed by atoms with van der Waals surface area (Å²) in [6.45, 7) is 2.86. The molecule has 3 rings (SSSR count). The quantitative estimate of drug-likeness (QED) is 0.879. The number of pyridine rings is 1. The lowest BCUT2D eigenvalue weighted by atomic mass is 10.1. The van der Waals surface area contributed by atoms with E-state index in [1.54, 1.807) is 0 Å². The van der Waals surface area contributed by atoms with E-state index >= 15 is 0 Å². The molecule has 3 heteroatoms. The molecule has 1 aromatic heterocycles.